The minimum Gasteiger partial charge on any atom is -0.504 e. The molecule has 1 atom stereocenters. The second kappa shape index (κ2) is 21.5. The van der Waals surface area contributed by atoms with E-state index in [0.29, 0.717) is 66.7 Å². The van der Waals surface area contributed by atoms with Crippen molar-refractivity contribution in [3.63, 3.8) is 0 Å². The molecule has 0 unspecified atom stereocenters. The zero-order chi connectivity index (χ0) is 39.7. The fourth-order valence-corrected chi connectivity index (χ4v) is 6.56. The first kappa shape index (κ1) is 41.7. The number of phenolic OH excluding ortho intramolecular Hbond substituents is 2. The number of aliphatic hydroxyl groups is 1. The molecule has 0 saturated heterocycles. The maximum atomic E-state index is 13.9. The molecule has 0 spiro atoms. The first-order valence-electron chi connectivity index (χ1n) is 18.5. The number of nitrogens with zero attached hydrogens (tertiary/aromatic N) is 2. The Morgan fingerprint density at radius 1 is 0.875 bits per heavy atom. The van der Waals surface area contributed by atoms with Crippen LogP contribution in [0.3, 0.4) is 0 Å². The van der Waals surface area contributed by atoms with Gasteiger partial charge in [0.15, 0.2) is 18.1 Å². The second-order valence-corrected chi connectivity index (χ2v) is 14.0. The first-order chi connectivity index (χ1) is 27.2. The Kier molecular flexibility index (Phi) is 16.0. The van der Waals surface area contributed by atoms with E-state index in [2.05, 4.69) is 20.9 Å². The largest absolute Gasteiger partial charge is 0.678 e. The number of halogens is 2. The van der Waals surface area contributed by atoms with Crippen molar-refractivity contribution in [3.05, 3.63) is 113 Å². The highest BCUT2D eigenvalue weighted by atomic mass is 32.1. The number of rotatable bonds is 22. The number of benzene rings is 2. The van der Waals surface area contributed by atoms with E-state index in [1.165, 1.54) is 23.5 Å². The van der Waals surface area contributed by atoms with Gasteiger partial charge in [0.25, 0.3) is 5.91 Å². The highest BCUT2D eigenvalue weighted by Crippen LogP contribution is 2.30. The molecular formula is C41H46BF2N5O6S. The van der Waals surface area contributed by atoms with Crippen molar-refractivity contribution < 1.29 is 38.3 Å². The summed E-state index contributed by atoms with van der Waals surface area (Å²) in [4.78, 5) is 29.7. The smallest absolute Gasteiger partial charge is 0.504 e. The van der Waals surface area contributed by atoms with Crippen molar-refractivity contribution in [2.45, 2.75) is 44.6 Å². The Labute approximate surface area is 329 Å². The summed E-state index contributed by atoms with van der Waals surface area (Å²) in [6.07, 6.45) is 12.5. The number of allylic oxidation sites excluding steroid dienone is 3. The average molecular weight is 786 g/mol. The number of hydrogen-bond acceptors (Lipinski definition) is 9. The van der Waals surface area contributed by atoms with E-state index in [0.717, 1.165) is 47.0 Å². The van der Waals surface area contributed by atoms with Crippen LogP contribution < -0.4 is 20.7 Å². The molecular weight excluding hydrogens is 739 g/mol. The van der Waals surface area contributed by atoms with Gasteiger partial charge >= 0.3 is 7.40 Å². The summed E-state index contributed by atoms with van der Waals surface area (Å²) in [7, 11) is -2.68. The summed E-state index contributed by atoms with van der Waals surface area (Å²) in [5.41, 5.74) is 3.52. The third-order valence-corrected chi connectivity index (χ3v) is 9.71. The molecule has 1 aliphatic rings. The van der Waals surface area contributed by atoms with Gasteiger partial charge in [0.05, 0.1) is 23.2 Å². The predicted octanol–water partition coefficient (Wildman–Crippen LogP) is 6.74. The molecule has 0 saturated carbocycles. The van der Waals surface area contributed by atoms with Gasteiger partial charge in [0, 0.05) is 36.6 Å². The fraction of sp³-hybridized carbons (Fsp3) is 0.293. The van der Waals surface area contributed by atoms with E-state index in [1.807, 2.05) is 47.9 Å². The zero-order valence-electron chi connectivity index (χ0n) is 30.9. The van der Waals surface area contributed by atoms with E-state index in [9.17, 15) is 33.5 Å². The second-order valence-electron chi connectivity index (χ2n) is 13.1. The highest BCUT2D eigenvalue weighted by Gasteiger charge is 2.24. The Morgan fingerprint density at radius 2 is 1.64 bits per heavy atom. The fourth-order valence-electron chi connectivity index (χ4n) is 5.81. The minimum absolute atomic E-state index is 0.00460. The summed E-state index contributed by atoms with van der Waals surface area (Å²) in [5.74, 6) is -0.181. The topological polar surface area (TPSA) is 157 Å². The van der Waals surface area contributed by atoms with Crippen molar-refractivity contribution in [3.8, 4) is 27.8 Å². The number of carbonyl (C=O) groups excluding carboxylic acids is 2. The summed E-state index contributed by atoms with van der Waals surface area (Å²) in [6.45, 7) is 1.92. The molecule has 2 amide bonds. The SMILES string of the molecule is O=C(CCCCCNC(=O)COc1ccc(/C=C/C2=NC(=C\c3ccc(-c4cccs4)n3B(F)F)/C=C2)cc1)NCCCCNC[C@H](O)c1ccc(O)c(O)c1. The van der Waals surface area contributed by atoms with Crippen LogP contribution in [-0.2, 0) is 9.59 Å². The van der Waals surface area contributed by atoms with Crippen LogP contribution in [0.2, 0.25) is 0 Å². The highest BCUT2D eigenvalue weighted by molar-refractivity contribution is 7.13. The van der Waals surface area contributed by atoms with E-state index >= 15 is 0 Å². The molecule has 15 heteroatoms. The Bertz CT molecular complexity index is 2010. The number of ether oxygens (including phenoxy) is 1. The van der Waals surface area contributed by atoms with Gasteiger partial charge in [0.2, 0.25) is 5.91 Å². The zero-order valence-corrected chi connectivity index (χ0v) is 31.7. The van der Waals surface area contributed by atoms with Crippen LogP contribution in [0.1, 0.15) is 61.4 Å². The van der Waals surface area contributed by atoms with Crippen LogP contribution in [0, 0.1) is 0 Å². The molecule has 5 rings (SSSR count). The quantitative estimate of drug-likeness (QED) is 0.0293. The number of aromatic nitrogens is 1. The number of hydrogen-bond donors (Lipinski definition) is 6. The Morgan fingerprint density at radius 3 is 2.39 bits per heavy atom. The normalized spacial score (nSPS) is 13.6. The van der Waals surface area contributed by atoms with Gasteiger partial charge in [-0.2, -0.15) is 0 Å². The molecule has 0 aliphatic carbocycles. The lowest BCUT2D eigenvalue weighted by molar-refractivity contribution is -0.123. The summed E-state index contributed by atoms with van der Waals surface area (Å²) < 4.78 is 34.5. The Hall–Kier alpha value is -5.51. The molecule has 0 fully saturated rings. The van der Waals surface area contributed by atoms with E-state index in [1.54, 1.807) is 42.5 Å². The molecule has 0 radical (unpaired) electrons. The number of thiophene rings is 1. The summed E-state index contributed by atoms with van der Waals surface area (Å²) in [5, 5.41) is 39.9. The third kappa shape index (κ3) is 13.1. The standard InChI is InChI=1S/C41H46BF2N5O6S/c43-42(44)49-33(16-19-35(49)39-7-6-24-56-39)26-32-15-14-31(48-32)13-9-29-10-17-34(18-11-29)55-28-41(54)47-22-3-1-2-8-40(53)46-23-5-4-21-45-27-38(52)30-12-20-36(50)37(51)25-30/h6-7,9-20,24-26,38,45,50-52H,1-5,8,21-23,27-28H2,(H,46,53)(H,47,54)/b13-9+,32-26-/t38-/m0/s1. The number of nitrogens with one attached hydrogen (secondary N) is 3. The average Bonchev–Trinajstić information content (AvgIpc) is 3.98. The number of unbranched alkanes of at least 4 members (excludes halogenated alkanes) is 3. The van der Waals surface area contributed by atoms with Crippen molar-refractivity contribution in [1.82, 2.24) is 20.4 Å². The lowest BCUT2D eigenvalue weighted by atomic mass is 10.1. The number of amides is 2. The van der Waals surface area contributed by atoms with Crippen molar-refractivity contribution in [2.75, 3.05) is 32.8 Å². The van der Waals surface area contributed by atoms with Gasteiger partial charge in [-0.05, 0) is 116 Å². The van der Waals surface area contributed by atoms with Crippen LogP contribution >= 0.6 is 11.3 Å². The molecule has 294 valence electrons. The van der Waals surface area contributed by atoms with Crippen molar-refractivity contribution in [1.29, 1.82) is 0 Å². The molecule has 2 aromatic heterocycles. The Balaban J connectivity index is 0.890. The van der Waals surface area contributed by atoms with Gasteiger partial charge in [-0.1, -0.05) is 36.8 Å². The van der Waals surface area contributed by atoms with Crippen LogP contribution in [0.25, 0.3) is 22.7 Å². The number of aliphatic imine (C=N–C) groups is 1. The number of carbonyl (C=O) groups is 2. The number of aliphatic hydroxyl groups excluding tert-OH is 1. The van der Waals surface area contributed by atoms with Gasteiger partial charge in [-0.3, -0.25) is 18.2 Å². The summed E-state index contributed by atoms with van der Waals surface area (Å²) in [6, 6.07) is 18.5. The molecule has 3 heterocycles. The molecule has 0 bridgehead atoms. The van der Waals surface area contributed by atoms with Crippen molar-refractivity contribution in [2.24, 2.45) is 4.99 Å². The lowest BCUT2D eigenvalue weighted by Crippen LogP contribution is -2.29. The van der Waals surface area contributed by atoms with Gasteiger partial charge in [-0.15, -0.1) is 11.3 Å². The summed E-state index contributed by atoms with van der Waals surface area (Å²) >= 11 is 1.41. The van der Waals surface area contributed by atoms with Crippen molar-refractivity contribution >= 4 is 48.4 Å². The first-order valence-corrected chi connectivity index (χ1v) is 19.4. The number of phenols is 2. The third-order valence-electron chi connectivity index (χ3n) is 8.82. The number of aromatic hydroxyl groups is 2. The molecule has 6 N–H and O–H groups in total. The molecule has 56 heavy (non-hydrogen) atoms. The maximum Gasteiger partial charge on any atom is 0.678 e. The van der Waals surface area contributed by atoms with Crippen LogP contribution in [0.15, 0.2) is 101 Å². The lowest BCUT2D eigenvalue weighted by Gasteiger charge is -2.13. The van der Waals surface area contributed by atoms with E-state index in [4.69, 9.17) is 4.74 Å². The van der Waals surface area contributed by atoms with Gasteiger partial charge in [-0.25, -0.2) is 4.99 Å². The predicted molar refractivity (Wildman–Crippen MR) is 218 cm³/mol. The molecule has 4 aromatic rings. The van der Waals surface area contributed by atoms with E-state index < -0.39 is 13.5 Å². The van der Waals surface area contributed by atoms with E-state index in [-0.39, 0.29) is 29.9 Å². The molecule has 1 aliphatic heterocycles. The van der Waals surface area contributed by atoms with Crippen LogP contribution in [0.5, 0.6) is 17.2 Å². The molecule has 2 aromatic carbocycles. The monoisotopic (exact) mass is 785 g/mol. The maximum absolute atomic E-state index is 13.9. The molecule has 11 nitrogen and oxygen atoms in total. The van der Waals surface area contributed by atoms with Gasteiger partial charge in [0.1, 0.15) is 5.75 Å². The minimum atomic E-state index is -2.68. The van der Waals surface area contributed by atoms with Gasteiger partial charge < -0.3 is 40.5 Å². The van der Waals surface area contributed by atoms with Crippen LogP contribution in [-0.4, -0.2) is 77.5 Å². The van der Waals surface area contributed by atoms with Crippen LogP contribution in [0.4, 0.5) is 8.63 Å².